The quantitative estimate of drug-likeness (QED) is 0.676. The van der Waals surface area contributed by atoms with Crippen LogP contribution in [0.4, 0.5) is 17.3 Å². The summed E-state index contributed by atoms with van der Waals surface area (Å²) >= 11 is 0. The Morgan fingerprint density at radius 3 is 2.84 bits per heavy atom. The molecule has 0 spiro atoms. The summed E-state index contributed by atoms with van der Waals surface area (Å²) in [5.41, 5.74) is 3.85. The van der Waals surface area contributed by atoms with Gasteiger partial charge in [-0.3, -0.25) is 4.79 Å². The molecule has 1 aliphatic heterocycles. The van der Waals surface area contributed by atoms with Gasteiger partial charge in [0.2, 0.25) is 5.95 Å². The van der Waals surface area contributed by atoms with E-state index in [-0.39, 0.29) is 5.56 Å². The molecule has 0 atom stereocenters. The van der Waals surface area contributed by atoms with Gasteiger partial charge in [-0.25, -0.2) is 9.97 Å². The maximum atomic E-state index is 11.7. The van der Waals surface area contributed by atoms with Gasteiger partial charge in [0.15, 0.2) is 0 Å². The van der Waals surface area contributed by atoms with E-state index in [1.54, 1.807) is 18.5 Å². The van der Waals surface area contributed by atoms with Crippen molar-refractivity contribution in [2.24, 2.45) is 0 Å². The fourth-order valence-corrected chi connectivity index (χ4v) is 3.15. The Kier molecular flexibility index (Phi) is 4.07. The minimum Gasteiger partial charge on any atom is -0.369 e. The summed E-state index contributed by atoms with van der Waals surface area (Å²) in [6.45, 7) is 6.20. The molecule has 0 unspecified atom stereocenters. The largest absolute Gasteiger partial charge is 0.369 e. The van der Waals surface area contributed by atoms with Crippen molar-refractivity contribution in [1.29, 1.82) is 0 Å². The number of benzene rings is 1. The van der Waals surface area contributed by atoms with Gasteiger partial charge in [-0.15, -0.1) is 0 Å². The number of aromatic amines is 1. The molecule has 3 N–H and O–H groups in total. The average molecular weight is 336 g/mol. The Morgan fingerprint density at radius 1 is 1.20 bits per heavy atom. The Bertz CT molecular complexity index is 961. The van der Waals surface area contributed by atoms with Crippen LogP contribution >= 0.6 is 0 Å². The molecular weight excluding hydrogens is 316 g/mol. The molecule has 1 fully saturated rings. The predicted molar refractivity (Wildman–Crippen MR) is 99.7 cm³/mol. The molecule has 1 aromatic carbocycles. The molecule has 0 aliphatic carbocycles. The number of hydrogen-bond donors (Lipinski definition) is 3. The molecule has 25 heavy (non-hydrogen) atoms. The second kappa shape index (κ2) is 6.52. The number of H-pyrrole nitrogens is 1. The van der Waals surface area contributed by atoms with Crippen LogP contribution in [-0.4, -0.2) is 41.1 Å². The number of nitrogens with one attached hydrogen (secondary N) is 3. The standard InChI is InChI=1S/C18H20N6O/c1-12-10-13(2-3-16(12)24-8-6-19-7-9-24)22-18-21-11-14-15(23-18)4-5-20-17(14)25/h2-5,10-11,19H,6-9H2,1H3,(H,20,25)(H,21,22,23). The number of aryl methyl sites for hydroxylation is 1. The van der Waals surface area contributed by atoms with Crippen LogP contribution in [0.1, 0.15) is 5.56 Å². The van der Waals surface area contributed by atoms with Gasteiger partial charge < -0.3 is 20.5 Å². The number of piperazine rings is 1. The van der Waals surface area contributed by atoms with Gasteiger partial charge in [-0.05, 0) is 36.8 Å². The van der Waals surface area contributed by atoms with Crippen molar-refractivity contribution in [2.75, 3.05) is 36.4 Å². The topological polar surface area (TPSA) is 85.9 Å². The molecule has 0 radical (unpaired) electrons. The minimum absolute atomic E-state index is 0.180. The normalized spacial score (nSPS) is 14.7. The lowest BCUT2D eigenvalue weighted by atomic mass is 10.1. The first kappa shape index (κ1) is 15.6. The zero-order valence-electron chi connectivity index (χ0n) is 14.0. The fourth-order valence-electron chi connectivity index (χ4n) is 3.15. The van der Waals surface area contributed by atoms with Crippen molar-refractivity contribution in [1.82, 2.24) is 20.3 Å². The molecule has 0 bridgehead atoms. The molecular formula is C18H20N6O. The first-order chi connectivity index (χ1) is 12.2. The summed E-state index contributed by atoms with van der Waals surface area (Å²) in [4.78, 5) is 25.4. The van der Waals surface area contributed by atoms with Crippen LogP contribution < -0.4 is 21.1 Å². The van der Waals surface area contributed by atoms with Crippen molar-refractivity contribution in [3.05, 3.63) is 52.6 Å². The second-order valence-electron chi connectivity index (χ2n) is 6.16. The predicted octanol–water partition coefficient (Wildman–Crippen LogP) is 1.78. The molecule has 7 nitrogen and oxygen atoms in total. The number of anilines is 3. The Balaban J connectivity index is 1.58. The van der Waals surface area contributed by atoms with Crippen LogP contribution in [0.2, 0.25) is 0 Å². The summed E-state index contributed by atoms with van der Waals surface area (Å²) in [6.07, 6.45) is 3.14. The summed E-state index contributed by atoms with van der Waals surface area (Å²) in [5, 5.41) is 7.08. The highest BCUT2D eigenvalue weighted by atomic mass is 16.1. The smallest absolute Gasteiger partial charge is 0.258 e. The maximum Gasteiger partial charge on any atom is 0.258 e. The third-order valence-electron chi connectivity index (χ3n) is 4.43. The molecule has 0 amide bonds. The minimum atomic E-state index is -0.180. The molecule has 1 saturated heterocycles. The van der Waals surface area contributed by atoms with Crippen LogP contribution in [0.15, 0.2) is 41.5 Å². The van der Waals surface area contributed by atoms with Gasteiger partial charge in [0.05, 0.1) is 10.9 Å². The highest BCUT2D eigenvalue weighted by Crippen LogP contribution is 2.25. The van der Waals surface area contributed by atoms with Crippen LogP contribution in [0.5, 0.6) is 0 Å². The number of pyridine rings is 1. The number of rotatable bonds is 3. The first-order valence-electron chi connectivity index (χ1n) is 8.38. The number of aromatic nitrogens is 3. The lowest BCUT2D eigenvalue weighted by molar-refractivity contribution is 0.588. The van der Waals surface area contributed by atoms with E-state index in [4.69, 9.17) is 0 Å². The van der Waals surface area contributed by atoms with Gasteiger partial charge in [-0.2, -0.15) is 0 Å². The number of hydrogen-bond acceptors (Lipinski definition) is 6. The van der Waals surface area contributed by atoms with E-state index in [0.717, 1.165) is 31.9 Å². The second-order valence-corrected chi connectivity index (χ2v) is 6.16. The van der Waals surface area contributed by atoms with Crippen LogP contribution in [0.3, 0.4) is 0 Å². The van der Waals surface area contributed by atoms with Crippen molar-refractivity contribution < 1.29 is 0 Å². The molecule has 3 heterocycles. The third-order valence-corrected chi connectivity index (χ3v) is 4.43. The van der Waals surface area contributed by atoms with Crippen LogP contribution in [-0.2, 0) is 0 Å². The average Bonchev–Trinajstić information content (AvgIpc) is 2.63. The molecule has 2 aromatic heterocycles. The van der Waals surface area contributed by atoms with E-state index < -0.39 is 0 Å². The Labute approximate surface area is 145 Å². The molecule has 1 aliphatic rings. The summed E-state index contributed by atoms with van der Waals surface area (Å²) < 4.78 is 0. The van der Waals surface area contributed by atoms with Gasteiger partial charge >= 0.3 is 0 Å². The molecule has 4 rings (SSSR count). The fraction of sp³-hybridized carbons (Fsp3) is 0.278. The highest BCUT2D eigenvalue weighted by Gasteiger charge is 2.13. The Morgan fingerprint density at radius 2 is 2.04 bits per heavy atom. The Hall–Kier alpha value is -2.93. The van der Waals surface area contributed by atoms with Gasteiger partial charge in [0.25, 0.3) is 5.56 Å². The molecule has 128 valence electrons. The first-order valence-corrected chi connectivity index (χ1v) is 8.38. The third kappa shape index (κ3) is 3.18. The number of fused-ring (bicyclic) bond motifs is 1. The van der Waals surface area contributed by atoms with E-state index in [0.29, 0.717) is 16.9 Å². The van der Waals surface area contributed by atoms with E-state index in [2.05, 4.69) is 49.5 Å². The van der Waals surface area contributed by atoms with Crippen molar-refractivity contribution >= 4 is 28.2 Å². The SMILES string of the molecule is Cc1cc(Nc2ncc3c(=O)[nH]ccc3n2)ccc1N1CCNCC1. The van der Waals surface area contributed by atoms with E-state index in [1.165, 1.54) is 11.3 Å². The summed E-state index contributed by atoms with van der Waals surface area (Å²) in [5.74, 6) is 0.479. The van der Waals surface area contributed by atoms with E-state index >= 15 is 0 Å². The van der Waals surface area contributed by atoms with Gasteiger partial charge in [0, 0.05) is 49.9 Å². The van der Waals surface area contributed by atoms with Crippen molar-refractivity contribution in [2.45, 2.75) is 6.92 Å². The summed E-state index contributed by atoms with van der Waals surface area (Å²) in [7, 11) is 0. The van der Waals surface area contributed by atoms with Crippen molar-refractivity contribution in [3.8, 4) is 0 Å². The van der Waals surface area contributed by atoms with Crippen molar-refractivity contribution in [3.63, 3.8) is 0 Å². The molecule has 0 saturated carbocycles. The monoisotopic (exact) mass is 336 g/mol. The van der Waals surface area contributed by atoms with Crippen LogP contribution in [0.25, 0.3) is 10.9 Å². The van der Waals surface area contributed by atoms with Gasteiger partial charge in [-0.1, -0.05) is 0 Å². The zero-order valence-corrected chi connectivity index (χ0v) is 14.0. The van der Waals surface area contributed by atoms with E-state index in [1.807, 2.05) is 6.07 Å². The lowest BCUT2D eigenvalue weighted by Crippen LogP contribution is -2.43. The summed E-state index contributed by atoms with van der Waals surface area (Å²) in [6, 6.07) is 8.04. The maximum absolute atomic E-state index is 11.7. The molecule has 7 heteroatoms. The van der Waals surface area contributed by atoms with Gasteiger partial charge in [0.1, 0.15) is 0 Å². The highest BCUT2D eigenvalue weighted by molar-refractivity contribution is 5.77. The van der Waals surface area contributed by atoms with Crippen LogP contribution in [0, 0.1) is 6.92 Å². The zero-order chi connectivity index (χ0) is 17.2. The van der Waals surface area contributed by atoms with E-state index in [9.17, 15) is 4.79 Å². The molecule has 3 aromatic rings. The number of nitrogens with zero attached hydrogens (tertiary/aromatic N) is 3. The lowest BCUT2D eigenvalue weighted by Gasteiger charge is -2.30.